The van der Waals surface area contributed by atoms with Crippen LogP contribution in [0, 0.1) is 12.8 Å². The van der Waals surface area contributed by atoms with Crippen molar-refractivity contribution >= 4 is 28.8 Å². The summed E-state index contributed by atoms with van der Waals surface area (Å²) >= 11 is 1.55. The second-order valence-electron chi connectivity index (χ2n) is 5.77. The van der Waals surface area contributed by atoms with Crippen molar-refractivity contribution in [2.24, 2.45) is 5.92 Å². The first-order valence-corrected chi connectivity index (χ1v) is 8.83. The Balaban J connectivity index is 1.96. The van der Waals surface area contributed by atoms with Crippen LogP contribution in [0.25, 0.3) is 0 Å². The van der Waals surface area contributed by atoms with Crippen molar-refractivity contribution < 1.29 is 14.4 Å². The highest BCUT2D eigenvalue weighted by molar-refractivity contribution is 7.10. The quantitative estimate of drug-likeness (QED) is 0.847. The molecule has 0 saturated carbocycles. The summed E-state index contributed by atoms with van der Waals surface area (Å²) < 4.78 is 0. The van der Waals surface area contributed by atoms with Gasteiger partial charge in [-0.15, -0.1) is 11.3 Å². The number of carbonyl (C=O) groups excluding carboxylic acids is 2. The van der Waals surface area contributed by atoms with Crippen LogP contribution in [-0.4, -0.2) is 18.4 Å². The van der Waals surface area contributed by atoms with E-state index in [1.165, 1.54) is 0 Å². The molecule has 2 atom stereocenters. The van der Waals surface area contributed by atoms with Gasteiger partial charge in [-0.05, 0) is 37.4 Å². The summed E-state index contributed by atoms with van der Waals surface area (Å²) in [5.41, 5.74) is 4.40. The number of hydroxylamine groups is 1. The minimum atomic E-state index is -0.469. The number of nitrogens with one attached hydrogen (secondary N) is 1. The molecule has 1 N–H and O–H groups in total. The molecule has 0 radical (unpaired) electrons. The highest BCUT2D eigenvalue weighted by Crippen LogP contribution is 2.43. The molecule has 1 aliphatic heterocycles. The van der Waals surface area contributed by atoms with Crippen LogP contribution in [0.5, 0.6) is 0 Å². The monoisotopic (exact) mass is 344 g/mol. The molecular weight excluding hydrogens is 324 g/mol. The van der Waals surface area contributed by atoms with E-state index in [9.17, 15) is 9.59 Å². The Morgan fingerprint density at radius 1 is 1.33 bits per heavy atom. The second-order valence-corrected chi connectivity index (χ2v) is 6.75. The van der Waals surface area contributed by atoms with E-state index in [4.69, 9.17) is 4.84 Å². The third kappa shape index (κ3) is 3.20. The smallest absolute Gasteiger partial charge is 0.249 e. The summed E-state index contributed by atoms with van der Waals surface area (Å²) in [6, 6.07) is 11.4. The second kappa shape index (κ2) is 7.15. The largest absolute Gasteiger partial charge is 0.303 e. The van der Waals surface area contributed by atoms with Crippen molar-refractivity contribution in [2.45, 2.75) is 26.3 Å². The molecule has 2 amide bonds. The maximum absolute atomic E-state index is 12.7. The Kier molecular flexibility index (Phi) is 4.97. The number of thiophene rings is 1. The molecule has 0 spiro atoms. The lowest BCUT2D eigenvalue weighted by molar-refractivity contribution is -0.138. The molecule has 0 unspecified atom stereocenters. The molecule has 6 heteroatoms. The predicted molar refractivity (Wildman–Crippen MR) is 93.6 cm³/mol. The Bertz CT molecular complexity index is 712. The van der Waals surface area contributed by atoms with Crippen molar-refractivity contribution in [3.8, 4) is 0 Å². The SMILES string of the molecule is CCONC(=O)[C@H]1CC(=O)N(c2ccc(C)cc2)[C@@H]1c1cccs1. The van der Waals surface area contributed by atoms with Crippen LogP contribution in [0.2, 0.25) is 0 Å². The zero-order valence-corrected chi connectivity index (χ0v) is 14.5. The van der Waals surface area contributed by atoms with E-state index in [-0.39, 0.29) is 24.3 Å². The molecule has 1 aromatic carbocycles. The minimum absolute atomic E-state index is 0.0473. The topological polar surface area (TPSA) is 58.6 Å². The molecule has 126 valence electrons. The zero-order chi connectivity index (χ0) is 17.1. The average Bonchev–Trinajstić information content (AvgIpc) is 3.21. The molecule has 1 saturated heterocycles. The maximum Gasteiger partial charge on any atom is 0.249 e. The molecule has 1 fully saturated rings. The van der Waals surface area contributed by atoms with E-state index in [1.54, 1.807) is 23.2 Å². The van der Waals surface area contributed by atoms with Gasteiger partial charge < -0.3 is 4.90 Å². The van der Waals surface area contributed by atoms with Gasteiger partial charge in [0.1, 0.15) is 0 Å². The van der Waals surface area contributed by atoms with Crippen LogP contribution in [0.3, 0.4) is 0 Å². The normalized spacial score (nSPS) is 20.4. The molecule has 24 heavy (non-hydrogen) atoms. The van der Waals surface area contributed by atoms with Crippen molar-refractivity contribution in [1.29, 1.82) is 0 Å². The number of anilines is 1. The van der Waals surface area contributed by atoms with Gasteiger partial charge in [0.05, 0.1) is 18.6 Å². The van der Waals surface area contributed by atoms with E-state index in [0.29, 0.717) is 6.61 Å². The standard InChI is InChI=1S/C18H20N2O3S/c1-3-23-19-18(22)14-11-16(21)20(13-8-6-12(2)7-9-13)17(14)15-5-4-10-24-15/h4-10,14,17H,3,11H2,1-2H3,(H,19,22)/t14-,17-/m0/s1. The Morgan fingerprint density at radius 2 is 2.08 bits per heavy atom. The summed E-state index contributed by atoms with van der Waals surface area (Å²) in [4.78, 5) is 32.9. The fourth-order valence-corrected chi connectivity index (χ4v) is 3.86. The van der Waals surface area contributed by atoms with Crippen LogP contribution in [0.15, 0.2) is 41.8 Å². The minimum Gasteiger partial charge on any atom is -0.303 e. The van der Waals surface area contributed by atoms with Gasteiger partial charge in [-0.25, -0.2) is 5.48 Å². The molecule has 5 nitrogen and oxygen atoms in total. The molecule has 0 aliphatic carbocycles. The summed E-state index contributed by atoms with van der Waals surface area (Å²) in [5.74, 6) is -0.767. The maximum atomic E-state index is 12.7. The van der Waals surface area contributed by atoms with E-state index in [1.807, 2.05) is 48.7 Å². The Hall–Kier alpha value is -2.18. The highest BCUT2D eigenvalue weighted by Gasteiger charge is 2.45. The third-order valence-corrected chi connectivity index (χ3v) is 5.07. The molecule has 1 aromatic heterocycles. The fraction of sp³-hybridized carbons (Fsp3) is 0.333. The highest BCUT2D eigenvalue weighted by atomic mass is 32.1. The van der Waals surface area contributed by atoms with Gasteiger partial charge in [0.15, 0.2) is 0 Å². The number of aryl methyl sites for hydroxylation is 1. The zero-order valence-electron chi connectivity index (χ0n) is 13.7. The van der Waals surface area contributed by atoms with Gasteiger partial charge in [-0.1, -0.05) is 23.8 Å². The van der Waals surface area contributed by atoms with Gasteiger partial charge in [0, 0.05) is 17.0 Å². The van der Waals surface area contributed by atoms with Gasteiger partial charge in [-0.2, -0.15) is 0 Å². The first kappa shape index (κ1) is 16.7. The van der Waals surface area contributed by atoms with Gasteiger partial charge in [-0.3, -0.25) is 14.4 Å². The lowest BCUT2D eigenvalue weighted by Crippen LogP contribution is -2.35. The third-order valence-electron chi connectivity index (χ3n) is 4.12. The first-order chi connectivity index (χ1) is 11.6. The number of benzene rings is 1. The number of hydrogen-bond acceptors (Lipinski definition) is 4. The number of hydrogen-bond donors (Lipinski definition) is 1. The van der Waals surface area contributed by atoms with E-state index < -0.39 is 5.92 Å². The number of carbonyl (C=O) groups is 2. The number of nitrogens with zero attached hydrogens (tertiary/aromatic N) is 1. The van der Waals surface area contributed by atoms with Crippen molar-refractivity contribution in [2.75, 3.05) is 11.5 Å². The lowest BCUT2D eigenvalue weighted by atomic mass is 9.98. The van der Waals surface area contributed by atoms with Crippen LogP contribution in [0.4, 0.5) is 5.69 Å². The van der Waals surface area contributed by atoms with Crippen molar-refractivity contribution in [3.63, 3.8) is 0 Å². The van der Waals surface area contributed by atoms with Crippen molar-refractivity contribution in [1.82, 2.24) is 5.48 Å². The van der Waals surface area contributed by atoms with E-state index >= 15 is 0 Å². The average molecular weight is 344 g/mol. The Labute approximate surface area is 145 Å². The molecule has 1 aliphatic rings. The molecular formula is C18H20N2O3S. The summed E-state index contributed by atoms with van der Waals surface area (Å²) in [6.07, 6.45) is 0.176. The molecule has 2 heterocycles. The number of rotatable bonds is 5. The van der Waals surface area contributed by atoms with Crippen LogP contribution >= 0.6 is 11.3 Å². The van der Waals surface area contributed by atoms with Gasteiger partial charge >= 0.3 is 0 Å². The summed E-state index contributed by atoms with van der Waals surface area (Å²) in [6.45, 7) is 4.19. The van der Waals surface area contributed by atoms with Crippen molar-refractivity contribution in [3.05, 3.63) is 52.2 Å². The summed E-state index contributed by atoms with van der Waals surface area (Å²) in [7, 11) is 0. The van der Waals surface area contributed by atoms with Gasteiger partial charge in [0.25, 0.3) is 0 Å². The van der Waals surface area contributed by atoms with E-state index in [2.05, 4.69) is 5.48 Å². The van der Waals surface area contributed by atoms with Crippen LogP contribution < -0.4 is 10.4 Å². The summed E-state index contributed by atoms with van der Waals surface area (Å²) in [5, 5.41) is 1.96. The lowest BCUT2D eigenvalue weighted by Gasteiger charge is -2.27. The predicted octanol–water partition coefficient (Wildman–Crippen LogP) is 3.22. The molecule has 2 aromatic rings. The number of amides is 2. The molecule has 0 bridgehead atoms. The van der Waals surface area contributed by atoms with Gasteiger partial charge in [0.2, 0.25) is 11.8 Å². The fourth-order valence-electron chi connectivity index (χ4n) is 2.98. The van der Waals surface area contributed by atoms with E-state index in [0.717, 1.165) is 16.1 Å². The van der Waals surface area contributed by atoms with Crippen LogP contribution in [0.1, 0.15) is 29.8 Å². The first-order valence-electron chi connectivity index (χ1n) is 7.95. The molecule has 3 rings (SSSR count). The van der Waals surface area contributed by atoms with Crippen LogP contribution in [-0.2, 0) is 14.4 Å². The Morgan fingerprint density at radius 3 is 2.71 bits per heavy atom.